The Labute approximate surface area is 115 Å². The lowest BCUT2D eigenvalue weighted by Gasteiger charge is -2.03. The number of thiophene rings is 1. The minimum atomic E-state index is -0.328. The number of anilines is 1. The Morgan fingerprint density at radius 2 is 1.84 bits per heavy atom. The average Bonchev–Trinajstić information content (AvgIpc) is 2.87. The molecule has 2 aromatic rings. The number of hydrogen-bond donors (Lipinski definition) is 1. The third-order valence-corrected chi connectivity index (χ3v) is 3.43. The minimum Gasteiger partial charge on any atom is -0.465 e. The van der Waals surface area contributed by atoms with Gasteiger partial charge in [-0.05, 0) is 34.7 Å². The molecule has 19 heavy (non-hydrogen) atoms. The summed E-state index contributed by atoms with van der Waals surface area (Å²) in [5, 5.41) is 4.61. The molecule has 0 atom stereocenters. The van der Waals surface area contributed by atoms with Gasteiger partial charge in [0.15, 0.2) is 0 Å². The highest BCUT2D eigenvalue weighted by Crippen LogP contribution is 2.27. The fourth-order valence-corrected chi connectivity index (χ4v) is 2.48. The van der Waals surface area contributed by atoms with Crippen molar-refractivity contribution in [1.82, 2.24) is 0 Å². The monoisotopic (exact) mass is 275 g/mol. The maximum atomic E-state index is 11.4. The van der Waals surface area contributed by atoms with Gasteiger partial charge in [0.1, 0.15) is 4.88 Å². The number of carbonyl (C=O) groups excluding carboxylic acids is 2. The van der Waals surface area contributed by atoms with E-state index in [1.54, 1.807) is 6.07 Å². The van der Waals surface area contributed by atoms with Crippen molar-refractivity contribution in [2.24, 2.45) is 0 Å². The molecule has 0 aliphatic carbocycles. The molecule has 1 amide bonds. The van der Waals surface area contributed by atoms with Crippen LogP contribution < -0.4 is 5.32 Å². The number of amides is 1. The van der Waals surface area contributed by atoms with E-state index in [1.807, 2.05) is 29.6 Å². The molecule has 0 spiro atoms. The Morgan fingerprint density at radius 1 is 1.16 bits per heavy atom. The normalized spacial score (nSPS) is 10.0. The maximum Gasteiger partial charge on any atom is 0.348 e. The van der Waals surface area contributed by atoms with Gasteiger partial charge in [-0.3, -0.25) is 4.79 Å². The number of rotatable bonds is 3. The van der Waals surface area contributed by atoms with E-state index in [9.17, 15) is 9.59 Å². The summed E-state index contributed by atoms with van der Waals surface area (Å²) >= 11 is 1.35. The summed E-state index contributed by atoms with van der Waals surface area (Å²) in [7, 11) is 1.37. The number of benzene rings is 1. The number of methoxy groups -OCH3 is 1. The Balaban J connectivity index is 2.20. The highest BCUT2D eigenvalue weighted by molar-refractivity contribution is 7.12. The molecule has 0 aliphatic rings. The molecule has 2 rings (SSSR count). The van der Waals surface area contributed by atoms with Crippen molar-refractivity contribution in [2.45, 2.75) is 6.92 Å². The molecule has 0 fully saturated rings. The first kappa shape index (κ1) is 13.3. The first-order valence-corrected chi connectivity index (χ1v) is 6.53. The van der Waals surface area contributed by atoms with Crippen LogP contribution in [0.15, 0.2) is 35.7 Å². The van der Waals surface area contributed by atoms with Gasteiger partial charge in [-0.25, -0.2) is 4.79 Å². The van der Waals surface area contributed by atoms with Crippen molar-refractivity contribution >= 4 is 28.9 Å². The third-order valence-electron chi connectivity index (χ3n) is 2.52. The fourth-order valence-electron chi connectivity index (χ4n) is 1.64. The molecule has 0 radical (unpaired) electrons. The average molecular weight is 275 g/mol. The Bertz CT molecular complexity index is 601. The summed E-state index contributed by atoms with van der Waals surface area (Å²) < 4.78 is 4.67. The highest BCUT2D eigenvalue weighted by Gasteiger charge is 2.09. The van der Waals surface area contributed by atoms with Gasteiger partial charge in [-0.1, -0.05) is 12.1 Å². The van der Waals surface area contributed by atoms with E-state index < -0.39 is 0 Å². The van der Waals surface area contributed by atoms with Crippen LogP contribution in [0.3, 0.4) is 0 Å². The second kappa shape index (κ2) is 5.67. The van der Waals surface area contributed by atoms with E-state index in [2.05, 4.69) is 10.1 Å². The summed E-state index contributed by atoms with van der Waals surface area (Å²) in [6.45, 7) is 1.47. The number of esters is 1. The van der Waals surface area contributed by atoms with E-state index >= 15 is 0 Å². The van der Waals surface area contributed by atoms with Crippen LogP contribution in [0.4, 0.5) is 5.69 Å². The molecule has 0 unspecified atom stereocenters. The molecular formula is C14H13NO3S. The first-order chi connectivity index (χ1) is 9.10. The molecular weight excluding hydrogens is 262 g/mol. The lowest BCUT2D eigenvalue weighted by molar-refractivity contribution is -0.114. The zero-order valence-corrected chi connectivity index (χ0v) is 11.4. The molecule has 1 aromatic carbocycles. The van der Waals surface area contributed by atoms with Gasteiger partial charge in [0.25, 0.3) is 0 Å². The van der Waals surface area contributed by atoms with Crippen molar-refractivity contribution < 1.29 is 14.3 Å². The maximum absolute atomic E-state index is 11.4. The van der Waals surface area contributed by atoms with Crippen molar-refractivity contribution in [2.75, 3.05) is 12.4 Å². The zero-order valence-electron chi connectivity index (χ0n) is 10.6. The molecule has 1 heterocycles. The van der Waals surface area contributed by atoms with Crippen LogP contribution in [0.2, 0.25) is 0 Å². The summed E-state index contributed by atoms with van der Waals surface area (Å²) in [5.41, 5.74) is 2.69. The molecule has 98 valence electrons. The van der Waals surface area contributed by atoms with Gasteiger partial charge >= 0.3 is 5.97 Å². The Kier molecular flexibility index (Phi) is 3.97. The summed E-state index contributed by atoms with van der Waals surface area (Å²) in [4.78, 5) is 22.9. The van der Waals surface area contributed by atoms with Crippen molar-refractivity contribution in [3.63, 3.8) is 0 Å². The second-order valence-electron chi connectivity index (χ2n) is 3.95. The summed E-state index contributed by atoms with van der Waals surface area (Å²) in [5.74, 6) is -0.428. The summed E-state index contributed by atoms with van der Waals surface area (Å²) in [6.07, 6.45) is 0. The van der Waals surface area contributed by atoms with Gasteiger partial charge in [-0.15, -0.1) is 11.3 Å². The smallest absolute Gasteiger partial charge is 0.348 e. The lowest BCUT2D eigenvalue weighted by Crippen LogP contribution is -2.05. The van der Waals surface area contributed by atoms with E-state index in [0.717, 1.165) is 16.8 Å². The molecule has 4 nitrogen and oxygen atoms in total. The SMILES string of the molecule is COC(=O)c1cc(-c2ccc(NC(C)=O)cc2)cs1. The van der Waals surface area contributed by atoms with Crippen molar-refractivity contribution in [3.05, 3.63) is 40.6 Å². The van der Waals surface area contributed by atoms with Crippen LogP contribution in [0.1, 0.15) is 16.6 Å². The molecule has 0 aliphatic heterocycles. The van der Waals surface area contributed by atoms with Gasteiger partial charge in [-0.2, -0.15) is 0 Å². The number of hydrogen-bond acceptors (Lipinski definition) is 4. The van der Waals surface area contributed by atoms with Crippen LogP contribution in [-0.4, -0.2) is 19.0 Å². The fraction of sp³-hybridized carbons (Fsp3) is 0.143. The highest BCUT2D eigenvalue weighted by atomic mass is 32.1. The van der Waals surface area contributed by atoms with Gasteiger partial charge in [0, 0.05) is 12.6 Å². The quantitative estimate of drug-likeness (QED) is 0.875. The van der Waals surface area contributed by atoms with Crippen LogP contribution in [-0.2, 0) is 9.53 Å². The molecule has 0 saturated carbocycles. The molecule has 1 aromatic heterocycles. The number of carbonyl (C=O) groups is 2. The number of nitrogens with one attached hydrogen (secondary N) is 1. The summed E-state index contributed by atoms with van der Waals surface area (Å²) in [6, 6.07) is 9.24. The molecule has 0 bridgehead atoms. The molecule has 5 heteroatoms. The standard InChI is InChI=1S/C14H13NO3S/c1-9(16)15-12-5-3-10(4-6-12)11-7-13(19-8-11)14(17)18-2/h3-8H,1-2H3,(H,15,16). The van der Waals surface area contributed by atoms with Gasteiger partial charge < -0.3 is 10.1 Å². The van der Waals surface area contributed by atoms with Crippen LogP contribution >= 0.6 is 11.3 Å². The zero-order chi connectivity index (χ0) is 13.8. The molecule has 1 N–H and O–H groups in total. The first-order valence-electron chi connectivity index (χ1n) is 5.65. The lowest BCUT2D eigenvalue weighted by atomic mass is 10.1. The minimum absolute atomic E-state index is 0.101. The van der Waals surface area contributed by atoms with E-state index in [1.165, 1.54) is 25.4 Å². The Hall–Kier alpha value is -2.14. The third kappa shape index (κ3) is 3.20. The van der Waals surface area contributed by atoms with Gasteiger partial charge in [0.05, 0.1) is 7.11 Å². The van der Waals surface area contributed by atoms with E-state index in [0.29, 0.717) is 4.88 Å². The topological polar surface area (TPSA) is 55.4 Å². The van der Waals surface area contributed by atoms with Crippen LogP contribution in [0.25, 0.3) is 11.1 Å². The van der Waals surface area contributed by atoms with E-state index in [4.69, 9.17) is 0 Å². The number of ether oxygens (including phenoxy) is 1. The largest absolute Gasteiger partial charge is 0.465 e. The Morgan fingerprint density at radius 3 is 2.42 bits per heavy atom. The van der Waals surface area contributed by atoms with Crippen LogP contribution in [0, 0.1) is 0 Å². The van der Waals surface area contributed by atoms with Gasteiger partial charge in [0.2, 0.25) is 5.91 Å². The predicted molar refractivity (Wildman–Crippen MR) is 75.4 cm³/mol. The van der Waals surface area contributed by atoms with Crippen LogP contribution in [0.5, 0.6) is 0 Å². The second-order valence-corrected chi connectivity index (χ2v) is 4.86. The van der Waals surface area contributed by atoms with Crippen molar-refractivity contribution in [3.8, 4) is 11.1 Å². The van der Waals surface area contributed by atoms with E-state index in [-0.39, 0.29) is 11.9 Å². The van der Waals surface area contributed by atoms with Crippen molar-refractivity contribution in [1.29, 1.82) is 0 Å². The molecule has 0 saturated heterocycles. The predicted octanol–water partition coefficient (Wildman–Crippen LogP) is 3.16.